The maximum atomic E-state index is 11.8. The van der Waals surface area contributed by atoms with Crippen molar-refractivity contribution in [3.63, 3.8) is 0 Å². The summed E-state index contributed by atoms with van der Waals surface area (Å²) in [6, 6.07) is 2.90. The number of piperazine rings is 1. The van der Waals surface area contributed by atoms with Gasteiger partial charge in [0, 0.05) is 33.1 Å². The normalized spacial score (nSPS) is 15.4. The first-order chi connectivity index (χ1) is 10.5. The van der Waals surface area contributed by atoms with Crippen LogP contribution in [0.2, 0.25) is 0 Å². The van der Waals surface area contributed by atoms with Gasteiger partial charge >= 0.3 is 6.03 Å². The van der Waals surface area contributed by atoms with E-state index in [2.05, 4.69) is 10.6 Å². The Labute approximate surface area is 128 Å². The van der Waals surface area contributed by atoms with Crippen molar-refractivity contribution in [1.29, 1.82) is 0 Å². The van der Waals surface area contributed by atoms with E-state index >= 15 is 0 Å². The van der Waals surface area contributed by atoms with Gasteiger partial charge < -0.3 is 14.6 Å². The third-order valence-corrected chi connectivity index (χ3v) is 3.44. The van der Waals surface area contributed by atoms with Crippen molar-refractivity contribution < 1.29 is 18.8 Å². The standard InChI is InChI=1S/C14H20N4O4/c1-11(19)18-6-4-17(5-7-18)10-13(20)16-14(21)15-9-12-3-2-8-22-12/h2-3,8H,4-7,9-10H2,1H3,(H2,15,16,20,21). The van der Waals surface area contributed by atoms with E-state index in [1.165, 1.54) is 13.2 Å². The first-order valence-electron chi connectivity index (χ1n) is 7.12. The molecule has 0 spiro atoms. The molecule has 1 aromatic heterocycles. The topological polar surface area (TPSA) is 94.9 Å². The molecule has 2 N–H and O–H groups in total. The van der Waals surface area contributed by atoms with Crippen molar-refractivity contribution >= 4 is 17.8 Å². The highest BCUT2D eigenvalue weighted by Crippen LogP contribution is 2.01. The number of urea groups is 1. The molecule has 1 fully saturated rings. The van der Waals surface area contributed by atoms with Gasteiger partial charge in [-0.15, -0.1) is 0 Å². The fourth-order valence-electron chi connectivity index (χ4n) is 2.21. The molecule has 22 heavy (non-hydrogen) atoms. The first-order valence-corrected chi connectivity index (χ1v) is 7.12. The molecule has 0 radical (unpaired) electrons. The Morgan fingerprint density at radius 3 is 2.55 bits per heavy atom. The van der Waals surface area contributed by atoms with Gasteiger partial charge in [-0.3, -0.25) is 19.8 Å². The smallest absolute Gasteiger partial charge is 0.321 e. The minimum absolute atomic E-state index is 0.0430. The zero-order chi connectivity index (χ0) is 15.9. The summed E-state index contributed by atoms with van der Waals surface area (Å²) < 4.78 is 5.07. The number of carbonyl (C=O) groups excluding carboxylic acids is 3. The van der Waals surface area contributed by atoms with Crippen LogP contribution in [0.15, 0.2) is 22.8 Å². The minimum atomic E-state index is -0.552. The molecule has 1 aliphatic heterocycles. The van der Waals surface area contributed by atoms with Crippen LogP contribution in [0.1, 0.15) is 12.7 Å². The van der Waals surface area contributed by atoms with Crippen LogP contribution < -0.4 is 10.6 Å². The lowest BCUT2D eigenvalue weighted by Crippen LogP contribution is -2.51. The van der Waals surface area contributed by atoms with E-state index < -0.39 is 6.03 Å². The van der Waals surface area contributed by atoms with E-state index in [-0.39, 0.29) is 24.9 Å². The molecule has 0 aliphatic carbocycles. The molecule has 0 unspecified atom stereocenters. The van der Waals surface area contributed by atoms with Gasteiger partial charge in [-0.25, -0.2) is 4.79 Å². The molecule has 0 aromatic carbocycles. The van der Waals surface area contributed by atoms with Gasteiger partial charge in [0.15, 0.2) is 0 Å². The molecule has 0 saturated carbocycles. The summed E-state index contributed by atoms with van der Waals surface area (Å²) >= 11 is 0. The highest BCUT2D eigenvalue weighted by atomic mass is 16.3. The van der Waals surface area contributed by atoms with Crippen LogP contribution in [0.3, 0.4) is 0 Å². The Morgan fingerprint density at radius 2 is 1.95 bits per heavy atom. The summed E-state index contributed by atoms with van der Waals surface area (Å²) in [5.74, 6) is 0.289. The summed E-state index contributed by atoms with van der Waals surface area (Å²) in [7, 11) is 0. The van der Waals surface area contributed by atoms with Gasteiger partial charge in [0.05, 0.1) is 19.4 Å². The average molecular weight is 308 g/mol. The van der Waals surface area contributed by atoms with E-state index in [0.717, 1.165) is 0 Å². The fraction of sp³-hybridized carbons (Fsp3) is 0.500. The maximum Gasteiger partial charge on any atom is 0.321 e. The van der Waals surface area contributed by atoms with Crippen molar-refractivity contribution in [2.75, 3.05) is 32.7 Å². The number of amides is 4. The van der Waals surface area contributed by atoms with Crippen molar-refractivity contribution in [3.05, 3.63) is 24.2 Å². The fourth-order valence-corrected chi connectivity index (χ4v) is 2.21. The van der Waals surface area contributed by atoms with Crippen molar-refractivity contribution in [2.45, 2.75) is 13.5 Å². The van der Waals surface area contributed by atoms with E-state index in [0.29, 0.717) is 31.9 Å². The number of nitrogens with zero attached hydrogens (tertiary/aromatic N) is 2. The van der Waals surface area contributed by atoms with Crippen molar-refractivity contribution in [1.82, 2.24) is 20.4 Å². The average Bonchev–Trinajstić information content (AvgIpc) is 2.99. The molecule has 2 rings (SSSR count). The van der Waals surface area contributed by atoms with Crippen LogP contribution in [0.4, 0.5) is 4.79 Å². The summed E-state index contributed by atoms with van der Waals surface area (Å²) in [6.07, 6.45) is 1.51. The monoisotopic (exact) mass is 308 g/mol. The molecular formula is C14H20N4O4. The van der Waals surface area contributed by atoms with Crippen LogP contribution >= 0.6 is 0 Å². The second kappa shape index (κ2) is 7.60. The SMILES string of the molecule is CC(=O)N1CCN(CC(=O)NC(=O)NCc2ccco2)CC1. The number of furan rings is 1. The first kappa shape index (κ1) is 16.0. The molecular weight excluding hydrogens is 288 g/mol. The van der Waals surface area contributed by atoms with E-state index in [9.17, 15) is 14.4 Å². The second-order valence-electron chi connectivity index (χ2n) is 5.09. The summed E-state index contributed by atoms with van der Waals surface area (Å²) in [5.41, 5.74) is 0. The molecule has 2 heterocycles. The van der Waals surface area contributed by atoms with Crippen molar-refractivity contribution in [2.24, 2.45) is 0 Å². The minimum Gasteiger partial charge on any atom is -0.467 e. The third-order valence-electron chi connectivity index (χ3n) is 3.44. The van der Waals surface area contributed by atoms with Gasteiger partial charge in [-0.2, -0.15) is 0 Å². The number of nitrogens with one attached hydrogen (secondary N) is 2. The van der Waals surface area contributed by atoms with Gasteiger partial charge in [-0.05, 0) is 12.1 Å². The summed E-state index contributed by atoms with van der Waals surface area (Å²) in [5, 5.41) is 4.81. The number of rotatable bonds is 4. The summed E-state index contributed by atoms with van der Waals surface area (Å²) in [4.78, 5) is 38.2. The van der Waals surface area contributed by atoms with Gasteiger partial charge in [0.2, 0.25) is 11.8 Å². The predicted molar refractivity (Wildman–Crippen MR) is 77.8 cm³/mol. The molecule has 0 bridgehead atoms. The van der Waals surface area contributed by atoms with E-state index in [1.807, 2.05) is 4.90 Å². The largest absolute Gasteiger partial charge is 0.467 e. The number of hydrogen-bond acceptors (Lipinski definition) is 5. The van der Waals surface area contributed by atoms with E-state index in [4.69, 9.17) is 4.42 Å². The molecule has 120 valence electrons. The highest BCUT2D eigenvalue weighted by Gasteiger charge is 2.20. The quantitative estimate of drug-likeness (QED) is 0.801. The van der Waals surface area contributed by atoms with Crippen LogP contribution in [0, 0.1) is 0 Å². The highest BCUT2D eigenvalue weighted by molar-refractivity contribution is 5.95. The summed E-state index contributed by atoms with van der Waals surface area (Å²) in [6.45, 7) is 4.36. The Morgan fingerprint density at radius 1 is 1.23 bits per heavy atom. The lowest BCUT2D eigenvalue weighted by Gasteiger charge is -2.33. The molecule has 0 atom stereocenters. The van der Waals surface area contributed by atoms with Gasteiger partial charge in [0.1, 0.15) is 5.76 Å². The predicted octanol–water partition coefficient (Wildman–Crippen LogP) is -0.230. The van der Waals surface area contributed by atoms with Crippen molar-refractivity contribution in [3.8, 4) is 0 Å². The molecule has 1 aromatic rings. The Balaban J connectivity index is 1.65. The molecule has 1 aliphatic rings. The zero-order valence-electron chi connectivity index (χ0n) is 12.5. The lowest BCUT2D eigenvalue weighted by molar-refractivity contribution is -0.130. The van der Waals surface area contributed by atoms with Crippen LogP contribution in [0.25, 0.3) is 0 Å². The number of hydrogen-bond donors (Lipinski definition) is 2. The zero-order valence-corrected chi connectivity index (χ0v) is 12.5. The Hall–Kier alpha value is -2.35. The van der Waals surface area contributed by atoms with Crippen LogP contribution in [-0.4, -0.2) is 60.4 Å². The van der Waals surface area contributed by atoms with Crippen LogP contribution in [0.5, 0.6) is 0 Å². The number of carbonyl (C=O) groups is 3. The molecule has 1 saturated heterocycles. The van der Waals surface area contributed by atoms with Gasteiger partial charge in [-0.1, -0.05) is 0 Å². The lowest BCUT2D eigenvalue weighted by atomic mass is 10.3. The number of imide groups is 1. The maximum absolute atomic E-state index is 11.8. The Bertz CT molecular complexity index is 521. The molecule has 8 heteroatoms. The molecule has 8 nitrogen and oxygen atoms in total. The van der Waals surface area contributed by atoms with Gasteiger partial charge in [0.25, 0.3) is 0 Å². The Kier molecular flexibility index (Phi) is 5.54. The molecule has 4 amide bonds. The third kappa shape index (κ3) is 4.88. The second-order valence-corrected chi connectivity index (χ2v) is 5.09. The van der Waals surface area contributed by atoms with E-state index in [1.54, 1.807) is 17.0 Å². The van der Waals surface area contributed by atoms with Crippen LogP contribution in [-0.2, 0) is 16.1 Å².